The quantitative estimate of drug-likeness (QED) is 0.653. The Hall–Kier alpha value is -2.32. The van der Waals surface area contributed by atoms with Crippen LogP contribution in [0.5, 0.6) is 0 Å². The average Bonchev–Trinajstić information content (AvgIpc) is 3.34. The molecule has 0 spiro atoms. The SMILES string of the molecule is CC1(C)OB(c2cc(-c3cnnc4c3ncn4C3CC3)ccc2F)OC1(C)C. The van der Waals surface area contributed by atoms with Gasteiger partial charge in [0.15, 0.2) is 5.65 Å². The van der Waals surface area contributed by atoms with Crippen molar-refractivity contribution >= 4 is 23.7 Å². The molecule has 8 heteroatoms. The van der Waals surface area contributed by atoms with Crippen molar-refractivity contribution in [3.63, 3.8) is 0 Å². The van der Waals surface area contributed by atoms with Crippen LogP contribution in [0.15, 0.2) is 30.7 Å². The van der Waals surface area contributed by atoms with Gasteiger partial charge < -0.3 is 13.9 Å². The average molecular weight is 380 g/mol. The van der Waals surface area contributed by atoms with E-state index in [0.29, 0.717) is 11.5 Å². The molecule has 0 radical (unpaired) electrons. The number of nitrogens with zero attached hydrogens (tertiary/aromatic N) is 4. The molecule has 1 saturated carbocycles. The first kappa shape index (κ1) is 17.8. The first-order valence-electron chi connectivity index (χ1n) is 9.60. The molecular formula is C20H22BFN4O2. The summed E-state index contributed by atoms with van der Waals surface area (Å²) in [5.41, 5.74) is 2.48. The molecule has 0 amide bonds. The summed E-state index contributed by atoms with van der Waals surface area (Å²) in [6.07, 6.45) is 5.77. The van der Waals surface area contributed by atoms with Gasteiger partial charge in [-0.2, -0.15) is 5.10 Å². The van der Waals surface area contributed by atoms with Crippen molar-refractivity contribution in [3.8, 4) is 11.1 Å². The zero-order valence-electron chi connectivity index (χ0n) is 16.4. The molecule has 5 rings (SSSR count). The minimum Gasteiger partial charge on any atom is -0.399 e. The number of hydrogen-bond donors (Lipinski definition) is 0. The maximum Gasteiger partial charge on any atom is 0.497 e. The Bertz CT molecular complexity index is 1060. The molecule has 3 heterocycles. The van der Waals surface area contributed by atoms with E-state index in [4.69, 9.17) is 9.31 Å². The summed E-state index contributed by atoms with van der Waals surface area (Å²) in [5, 5.41) is 8.43. The Morgan fingerprint density at radius 2 is 1.86 bits per heavy atom. The number of halogens is 1. The monoisotopic (exact) mass is 380 g/mol. The van der Waals surface area contributed by atoms with Crippen LogP contribution in [0, 0.1) is 5.82 Å². The molecule has 1 aromatic carbocycles. The van der Waals surface area contributed by atoms with Gasteiger partial charge in [-0.3, -0.25) is 0 Å². The second-order valence-electron chi connectivity index (χ2n) is 8.64. The van der Waals surface area contributed by atoms with Crippen LogP contribution in [-0.2, 0) is 9.31 Å². The van der Waals surface area contributed by atoms with Crippen molar-refractivity contribution in [2.24, 2.45) is 0 Å². The molecule has 144 valence electrons. The normalized spacial score (nSPS) is 20.8. The zero-order chi connectivity index (χ0) is 19.7. The summed E-state index contributed by atoms with van der Waals surface area (Å²) in [5.74, 6) is -0.357. The third kappa shape index (κ3) is 2.66. The van der Waals surface area contributed by atoms with Crippen LogP contribution >= 0.6 is 0 Å². The van der Waals surface area contributed by atoms with Gasteiger partial charge in [0.05, 0.1) is 23.7 Å². The number of imidazole rings is 1. The van der Waals surface area contributed by atoms with Gasteiger partial charge in [-0.25, -0.2) is 9.37 Å². The largest absolute Gasteiger partial charge is 0.497 e. The highest BCUT2D eigenvalue weighted by molar-refractivity contribution is 6.62. The van der Waals surface area contributed by atoms with Crippen molar-refractivity contribution in [3.05, 3.63) is 36.5 Å². The van der Waals surface area contributed by atoms with Gasteiger partial charge in [-0.1, -0.05) is 12.1 Å². The number of rotatable bonds is 3. The van der Waals surface area contributed by atoms with E-state index in [1.165, 1.54) is 6.07 Å². The van der Waals surface area contributed by atoms with E-state index in [0.717, 1.165) is 35.1 Å². The molecule has 2 aliphatic rings. The number of aromatic nitrogens is 4. The molecule has 2 fully saturated rings. The zero-order valence-corrected chi connectivity index (χ0v) is 16.4. The van der Waals surface area contributed by atoms with E-state index in [2.05, 4.69) is 19.7 Å². The standard InChI is InChI=1S/C20H22BFN4O2/c1-19(2)20(3,4)28-21(27-19)15-9-12(5-8-16(15)22)14-10-24-25-18-17(14)23-11-26(18)13-6-7-13/h5,8-11,13H,6-7H2,1-4H3. The van der Waals surface area contributed by atoms with Gasteiger partial charge in [0.1, 0.15) is 11.3 Å². The van der Waals surface area contributed by atoms with Gasteiger partial charge in [0, 0.05) is 17.1 Å². The van der Waals surface area contributed by atoms with Crippen LogP contribution in [0.3, 0.4) is 0 Å². The van der Waals surface area contributed by atoms with Crippen LogP contribution in [0.1, 0.15) is 46.6 Å². The maximum atomic E-state index is 14.7. The first-order chi connectivity index (χ1) is 13.3. The highest BCUT2D eigenvalue weighted by atomic mass is 19.1. The van der Waals surface area contributed by atoms with Gasteiger partial charge in [-0.05, 0) is 52.2 Å². The summed E-state index contributed by atoms with van der Waals surface area (Å²) in [6, 6.07) is 5.41. The lowest BCUT2D eigenvalue weighted by Gasteiger charge is -2.32. The van der Waals surface area contributed by atoms with Crippen LogP contribution in [-0.4, -0.2) is 38.1 Å². The van der Waals surface area contributed by atoms with Crippen molar-refractivity contribution < 1.29 is 13.7 Å². The summed E-state index contributed by atoms with van der Waals surface area (Å²) < 4.78 is 28.8. The molecule has 1 aliphatic heterocycles. The molecule has 0 atom stereocenters. The van der Waals surface area contributed by atoms with E-state index in [-0.39, 0.29) is 5.82 Å². The molecule has 6 nitrogen and oxygen atoms in total. The lowest BCUT2D eigenvalue weighted by Crippen LogP contribution is -2.41. The van der Waals surface area contributed by atoms with E-state index >= 15 is 0 Å². The molecule has 0 N–H and O–H groups in total. The number of hydrogen-bond acceptors (Lipinski definition) is 5. The maximum absolute atomic E-state index is 14.7. The second kappa shape index (κ2) is 5.84. The summed E-state index contributed by atoms with van der Waals surface area (Å²) >= 11 is 0. The second-order valence-corrected chi connectivity index (χ2v) is 8.64. The highest BCUT2D eigenvalue weighted by Gasteiger charge is 2.52. The van der Waals surface area contributed by atoms with Gasteiger partial charge in [0.2, 0.25) is 0 Å². The molecule has 0 unspecified atom stereocenters. The van der Waals surface area contributed by atoms with Crippen LogP contribution in [0.25, 0.3) is 22.3 Å². The highest BCUT2D eigenvalue weighted by Crippen LogP contribution is 2.39. The Balaban J connectivity index is 1.58. The Morgan fingerprint density at radius 3 is 2.54 bits per heavy atom. The molecule has 3 aromatic rings. The fourth-order valence-electron chi connectivity index (χ4n) is 3.54. The minimum atomic E-state index is -0.765. The Labute approximate surface area is 163 Å². The molecular weight excluding hydrogens is 358 g/mol. The van der Waals surface area contributed by atoms with Gasteiger partial charge in [-0.15, -0.1) is 5.10 Å². The number of benzene rings is 1. The third-order valence-corrected chi connectivity index (χ3v) is 6.12. The van der Waals surface area contributed by atoms with E-state index in [9.17, 15) is 4.39 Å². The Morgan fingerprint density at radius 1 is 1.14 bits per heavy atom. The van der Waals surface area contributed by atoms with Crippen LogP contribution in [0.4, 0.5) is 4.39 Å². The van der Waals surface area contributed by atoms with E-state index < -0.39 is 18.3 Å². The summed E-state index contributed by atoms with van der Waals surface area (Å²) in [4.78, 5) is 4.56. The van der Waals surface area contributed by atoms with E-state index in [1.54, 1.807) is 18.3 Å². The minimum absolute atomic E-state index is 0.357. The van der Waals surface area contributed by atoms with Crippen molar-refractivity contribution in [1.82, 2.24) is 19.7 Å². The lowest BCUT2D eigenvalue weighted by molar-refractivity contribution is 0.00578. The number of fused-ring (bicyclic) bond motifs is 1. The van der Waals surface area contributed by atoms with E-state index in [1.807, 2.05) is 34.0 Å². The fraction of sp³-hybridized carbons (Fsp3) is 0.450. The molecule has 1 aliphatic carbocycles. The molecule has 2 aromatic heterocycles. The van der Waals surface area contributed by atoms with Crippen molar-refractivity contribution in [1.29, 1.82) is 0 Å². The topological polar surface area (TPSA) is 62.1 Å². The summed E-state index contributed by atoms with van der Waals surface area (Å²) in [7, 11) is -0.765. The lowest BCUT2D eigenvalue weighted by atomic mass is 9.77. The van der Waals surface area contributed by atoms with Gasteiger partial charge in [0.25, 0.3) is 0 Å². The predicted molar refractivity (Wildman–Crippen MR) is 105 cm³/mol. The van der Waals surface area contributed by atoms with Crippen molar-refractivity contribution in [2.75, 3.05) is 0 Å². The fourth-order valence-corrected chi connectivity index (χ4v) is 3.54. The van der Waals surface area contributed by atoms with Gasteiger partial charge >= 0.3 is 7.12 Å². The van der Waals surface area contributed by atoms with Crippen molar-refractivity contribution in [2.45, 2.75) is 57.8 Å². The first-order valence-corrected chi connectivity index (χ1v) is 9.60. The summed E-state index contributed by atoms with van der Waals surface area (Å²) in [6.45, 7) is 7.82. The molecule has 28 heavy (non-hydrogen) atoms. The Kier molecular flexibility index (Phi) is 3.71. The third-order valence-electron chi connectivity index (χ3n) is 6.12. The van der Waals surface area contributed by atoms with Crippen LogP contribution < -0.4 is 5.46 Å². The molecule has 0 bridgehead atoms. The van der Waals surface area contributed by atoms with Crippen LogP contribution in [0.2, 0.25) is 0 Å². The smallest absolute Gasteiger partial charge is 0.399 e. The predicted octanol–water partition coefficient (Wildman–Crippen LogP) is 3.27. The molecule has 1 saturated heterocycles.